The van der Waals surface area contributed by atoms with Gasteiger partial charge in [0, 0.05) is 13.2 Å². The van der Waals surface area contributed by atoms with Crippen LogP contribution in [0.1, 0.15) is 12.8 Å². The van der Waals surface area contributed by atoms with Crippen molar-refractivity contribution in [3.63, 3.8) is 0 Å². The van der Waals surface area contributed by atoms with E-state index < -0.39 is 0 Å². The van der Waals surface area contributed by atoms with Gasteiger partial charge in [-0.1, -0.05) is 23.2 Å². The molecule has 0 atom stereocenters. The van der Waals surface area contributed by atoms with Crippen LogP contribution in [-0.2, 0) is 4.74 Å². The number of aromatic nitrogens is 1. The normalized spacial score (nSPS) is 16.6. The molecule has 0 aromatic carbocycles. The summed E-state index contributed by atoms with van der Waals surface area (Å²) in [5.41, 5.74) is 2.40. The molecule has 0 bridgehead atoms. The van der Waals surface area contributed by atoms with Gasteiger partial charge in [0.2, 0.25) is 5.88 Å². The first-order valence-electron chi connectivity index (χ1n) is 5.74. The van der Waals surface area contributed by atoms with Crippen LogP contribution in [0.25, 0.3) is 0 Å². The van der Waals surface area contributed by atoms with Crippen molar-refractivity contribution in [2.24, 2.45) is 11.8 Å². The molecule has 1 aliphatic heterocycles. The molecule has 0 saturated carbocycles. The number of nitrogens with one attached hydrogen (secondary N) is 1. The lowest BCUT2D eigenvalue weighted by molar-refractivity contribution is 0.0491. The monoisotopic (exact) mass is 291 g/mol. The van der Waals surface area contributed by atoms with Crippen molar-refractivity contribution in [3.8, 4) is 5.88 Å². The van der Waals surface area contributed by atoms with Crippen LogP contribution < -0.4 is 16.0 Å². The number of rotatable bonds is 4. The highest BCUT2D eigenvalue weighted by atomic mass is 35.5. The molecule has 1 aromatic heterocycles. The van der Waals surface area contributed by atoms with Crippen molar-refractivity contribution in [3.05, 3.63) is 16.1 Å². The Morgan fingerprint density at radius 2 is 2.11 bits per heavy atom. The number of hydrogen-bond donors (Lipinski definition) is 2. The van der Waals surface area contributed by atoms with Crippen molar-refractivity contribution >= 4 is 29.0 Å². The predicted octanol–water partition coefficient (Wildman–Crippen LogP) is 2.48. The van der Waals surface area contributed by atoms with Gasteiger partial charge in [0.25, 0.3) is 0 Å². The fourth-order valence-electron chi connectivity index (χ4n) is 1.76. The van der Waals surface area contributed by atoms with E-state index in [0.29, 0.717) is 34.3 Å². The van der Waals surface area contributed by atoms with E-state index in [0.717, 1.165) is 26.1 Å². The average Bonchev–Trinajstić information content (AvgIpc) is 2.39. The second-order valence-electron chi connectivity index (χ2n) is 4.12. The number of nitrogens with zero attached hydrogens (tertiary/aromatic N) is 1. The van der Waals surface area contributed by atoms with Crippen LogP contribution in [0.4, 0.5) is 5.82 Å². The summed E-state index contributed by atoms with van der Waals surface area (Å²) in [5, 5.41) is 0.743. The van der Waals surface area contributed by atoms with Crippen LogP contribution in [0.15, 0.2) is 6.07 Å². The zero-order chi connectivity index (χ0) is 13.0. The first kappa shape index (κ1) is 13.7. The maximum absolute atomic E-state index is 6.01. The minimum atomic E-state index is 0.348. The Kier molecular flexibility index (Phi) is 4.88. The molecule has 0 spiro atoms. The first-order valence-corrected chi connectivity index (χ1v) is 6.49. The summed E-state index contributed by atoms with van der Waals surface area (Å²) in [7, 11) is 0. The molecule has 2 rings (SSSR count). The number of hydrogen-bond acceptors (Lipinski definition) is 5. The highest BCUT2D eigenvalue weighted by Gasteiger charge is 2.16. The molecule has 0 unspecified atom stereocenters. The molecule has 3 N–H and O–H groups in total. The quantitative estimate of drug-likeness (QED) is 0.659. The number of nitrogen functional groups attached to an aromatic ring is 1. The molecule has 1 saturated heterocycles. The van der Waals surface area contributed by atoms with Gasteiger partial charge in [0.1, 0.15) is 5.02 Å². The molecule has 100 valence electrons. The van der Waals surface area contributed by atoms with Gasteiger partial charge in [-0.2, -0.15) is 4.98 Å². The minimum absolute atomic E-state index is 0.348. The zero-order valence-electron chi connectivity index (χ0n) is 9.79. The van der Waals surface area contributed by atoms with Crippen molar-refractivity contribution in [1.82, 2.24) is 4.98 Å². The number of anilines is 1. The molecule has 1 fully saturated rings. The second-order valence-corrected chi connectivity index (χ2v) is 4.93. The number of nitrogens with two attached hydrogens (primary N) is 1. The van der Waals surface area contributed by atoms with Gasteiger partial charge >= 0.3 is 0 Å². The number of halogens is 2. The smallest absolute Gasteiger partial charge is 0.234 e. The lowest BCUT2D eigenvalue weighted by atomic mass is 10.0. The molecular formula is C11H15Cl2N3O2. The Morgan fingerprint density at radius 3 is 2.78 bits per heavy atom. The van der Waals surface area contributed by atoms with E-state index in [9.17, 15) is 0 Å². The maximum Gasteiger partial charge on any atom is 0.234 e. The van der Waals surface area contributed by atoms with Crippen LogP contribution in [0.3, 0.4) is 0 Å². The highest BCUT2D eigenvalue weighted by molar-refractivity contribution is 6.36. The van der Waals surface area contributed by atoms with Gasteiger partial charge in [-0.15, -0.1) is 0 Å². The number of hydrazine groups is 1. The van der Waals surface area contributed by atoms with E-state index in [1.807, 2.05) is 0 Å². The van der Waals surface area contributed by atoms with E-state index in [-0.39, 0.29) is 0 Å². The standard InChI is InChI=1S/C11H15Cl2N3O2/c12-8-5-9(13)11(15-10(8)16-14)18-6-7-1-3-17-4-2-7/h5,7H,1-4,6,14H2,(H,15,16). The number of pyridine rings is 1. The zero-order valence-corrected chi connectivity index (χ0v) is 11.3. The molecule has 0 amide bonds. The minimum Gasteiger partial charge on any atom is -0.476 e. The van der Waals surface area contributed by atoms with E-state index in [2.05, 4.69) is 10.4 Å². The Balaban J connectivity index is 1.99. The van der Waals surface area contributed by atoms with Gasteiger partial charge in [0.05, 0.1) is 11.6 Å². The van der Waals surface area contributed by atoms with E-state index >= 15 is 0 Å². The van der Waals surface area contributed by atoms with E-state index in [1.54, 1.807) is 6.07 Å². The summed E-state index contributed by atoms with van der Waals surface area (Å²) < 4.78 is 10.9. The highest BCUT2D eigenvalue weighted by Crippen LogP contribution is 2.30. The van der Waals surface area contributed by atoms with Gasteiger partial charge in [-0.05, 0) is 24.8 Å². The Morgan fingerprint density at radius 1 is 1.39 bits per heavy atom. The fraction of sp³-hybridized carbons (Fsp3) is 0.545. The maximum atomic E-state index is 6.01. The van der Waals surface area contributed by atoms with Crippen molar-refractivity contribution in [2.75, 3.05) is 25.2 Å². The third-order valence-electron chi connectivity index (χ3n) is 2.83. The molecule has 2 heterocycles. The molecule has 18 heavy (non-hydrogen) atoms. The predicted molar refractivity (Wildman–Crippen MR) is 71.1 cm³/mol. The lowest BCUT2D eigenvalue weighted by Gasteiger charge is -2.22. The fourth-order valence-corrected chi connectivity index (χ4v) is 2.23. The van der Waals surface area contributed by atoms with Gasteiger partial charge < -0.3 is 14.9 Å². The molecule has 0 aliphatic carbocycles. The van der Waals surface area contributed by atoms with Crippen LogP contribution in [0.5, 0.6) is 5.88 Å². The van der Waals surface area contributed by atoms with E-state index in [1.165, 1.54) is 0 Å². The van der Waals surface area contributed by atoms with Gasteiger partial charge in [0.15, 0.2) is 5.82 Å². The molecular weight excluding hydrogens is 277 g/mol. The molecule has 1 aromatic rings. The topological polar surface area (TPSA) is 69.4 Å². The second kappa shape index (κ2) is 6.43. The molecule has 7 heteroatoms. The molecule has 5 nitrogen and oxygen atoms in total. The summed E-state index contributed by atoms with van der Waals surface area (Å²) in [6.07, 6.45) is 1.99. The van der Waals surface area contributed by atoms with Crippen LogP contribution >= 0.6 is 23.2 Å². The van der Waals surface area contributed by atoms with Crippen LogP contribution in [0.2, 0.25) is 10.0 Å². The molecule has 0 radical (unpaired) electrons. The Labute approximate surface area is 116 Å². The van der Waals surface area contributed by atoms with E-state index in [4.69, 9.17) is 38.5 Å². The summed E-state index contributed by atoms with van der Waals surface area (Å²) in [6.45, 7) is 2.14. The first-order chi connectivity index (χ1) is 8.70. The summed E-state index contributed by atoms with van der Waals surface area (Å²) in [6, 6.07) is 1.56. The summed E-state index contributed by atoms with van der Waals surface area (Å²) >= 11 is 11.9. The third kappa shape index (κ3) is 3.38. The number of ether oxygens (including phenoxy) is 2. The average molecular weight is 292 g/mol. The summed E-state index contributed by atoms with van der Waals surface area (Å²) in [4.78, 5) is 4.12. The Hall–Kier alpha value is -0.750. The SMILES string of the molecule is NNc1nc(OCC2CCOCC2)c(Cl)cc1Cl. The lowest BCUT2D eigenvalue weighted by Crippen LogP contribution is -2.22. The van der Waals surface area contributed by atoms with Crippen LogP contribution in [0, 0.1) is 5.92 Å². The van der Waals surface area contributed by atoms with Crippen LogP contribution in [-0.4, -0.2) is 24.8 Å². The summed E-state index contributed by atoms with van der Waals surface area (Å²) in [5.74, 6) is 6.47. The largest absolute Gasteiger partial charge is 0.476 e. The van der Waals surface area contributed by atoms with Crippen molar-refractivity contribution < 1.29 is 9.47 Å². The van der Waals surface area contributed by atoms with Crippen molar-refractivity contribution in [2.45, 2.75) is 12.8 Å². The van der Waals surface area contributed by atoms with Gasteiger partial charge in [-0.25, -0.2) is 5.84 Å². The third-order valence-corrected chi connectivity index (χ3v) is 3.39. The Bertz CT molecular complexity index is 412. The molecule has 1 aliphatic rings. The van der Waals surface area contributed by atoms with Crippen molar-refractivity contribution in [1.29, 1.82) is 0 Å². The van der Waals surface area contributed by atoms with Gasteiger partial charge in [-0.3, -0.25) is 0 Å².